The molecule has 0 fully saturated rings. The van der Waals surface area contributed by atoms with Crippen molar-refractivity contribution < 1.29 is 14.3 Å². The molecule has 0 spiro atoms. The fraction of sp³-hybridized carbons (Fsp3) is 0.143. The third-order valence-electron chi connectivity index (χ3n) is 6.26. The standard InChI is InChI=1S/C28H24N2O3/c1-19-14-21(10-13-26(19)20-7-5-8-25(15-20)33-2)28(32)30-17-23-11-12-24(18-31)29(23)16-22-6-3-4-9-27(22)30/h3-15,18H,16-17H2,1-2H3. The lowest BCUT2D eigenvalue weighted by Crippen LogP contribution is -2.30. The summed E-state index contributed by atoms with van der Waals surface area (Å²) in [4.78, 5) is 27.1. The number of fused-ring (bicyclic) bond motifs is 2. The highest BCUT2D eigenvalue weighted by Gasteiger charge is 2.26. The van der Waals surface area contributed by atoms with Crippen molar-refractivity contribution in [3.8, 4) is 16.9 Å². The Bertz CT molecular complexity index is 1370. The van der Waals surface area contributed by atoms with Gasteiger partial charge in [0.15, 0.2) is 6.29 Å². The summed E-state index contributed by atoms with van der Waals surface area (Å²) in [7, 11) is 1.65. The number of methoxy groups -OCH3 is 1. The second-order valence-electron chi connectivity index (χ2n) is 8.24. The van der Waals surface area contributed by atoms with Gasteiger partial charge in [0.05, 0.1) is 25.9 Å². The average Bonchev–Trinajstić information content (AvgIpc) is 3.15. The first-order chi connectivity index (χ1) is 16.1. The number of ether oxygens (including phenoxy) is 1. The number of carbonyl (C=O) groups excluding carboxylic acids is 2. The number of aldehydes is 1. The minimum atomic E-state index is -0.0648. The summed E-state index contributed by atoms with van der Waals surface area (Å²) in [6.45, 7) is 2.98. The molecule has 1 aliphatic heterocycles. The molecule has 4 aromatic rings. The molecule has 0 atom stereocenters. The molecule has 0 radical (unpaired) electrons. The highest BCUT2D eigenvalue weighted by Crippen LogP contribution is 2.32. The van der Waals surface area contributed by atoms with Crippen LogP contribution in [0.3, 0.4) is 0 Å². The Morgan fingerprint density at radius 1 is 0.939 bits per heavy atom. The van der Waals surface area contributed by atoms with Gasteiger partial charge < -0.3 is 14.2 Å². The molecule has 3 aromatic carbocycles. The van der Waals surface area contributed by atoms with Crippen molar-refractivity contribution in [1.29, 1.82) is 0 Å². The topological polar surface area (TPSA) is 51.5 Å². The van der Waals surface area contributed by atoms with Crippen LogP contribution in [0.5, 0.6) is 5.75 Å². The van der Waals surface area contributed by atoms with Crippen LogP contribution >= 0.6 is 0 Å². The van der Waals surface area contributed by atoms with E-state index in [4.69, 9.17) is 4.74 Å². The van der Waals surface area contributed by atoms with Crippen LogP contribution in [-0.4, -0.2) is 23.9 Å². The number of aryl methyl sites for hydroxylation is 1. The summed E-state index contributed by atoms with van der Waals surface area (Å²) in [5.74, 6) is 0.732. The van der Waals surface area contributed by atoms with Gasteiger partial charge in [-0.15, -0.1) is 0 Å². The Hall–Kier alpha value is -4.12. The molecule has 0 saturated heterocycles. The van der Waals surface area contributed by atoms with E-state index >= 15 is 0 Å². The lowest BCUT2D eigenvalue weighted by Gasteiger charge is -2.23. The van der Waals surface area contributed by atoms with Crippen LogP contribution in [-0.2, 0) is 13.1 Å². The number of benzene rings is 3. The van der Waals surface area contributed by atoms with Gasteiger partial charge in [-0.25, -0.2) is 0 Å². The number of amides is 1. The van der Waals surface area contributed by atoms with Gasteiger partial charge in [0, 0.05) is 16.9 Å². The van der Waals surface area contributed by atoms with Crippen molar-refractivity contribution in [3.05, 3.63) is 107 Å². The molecular weight excluding hydrogens is 412 g/mol. The maximum absolute atomic E-state index is 13.7. The van der Waals surface area contributed by atoms with E-state index in [9.17, 15) is 9.59 Å². The summed E-state index contributed by atoms with van der Waals surface area (Å²) in [6, 6.07) is 25.4. The zero-order valence-electron chi connectivity index (χ0n) is 18.6. The van der Waals surface area contributed by atoms with Gasteiger partial charge in [0.25, 0.3) is 5.91 Å². The van der Waals surface area contributed by atoms with Gasteiger partial charge in [-0.2, -0.15) is 0 Å². The minimum Gasteiger partial charge on any atom is -0.497 e. The quantitative estimate of drug-likeness (QED) is 0.397. The van der Waals surface area contributed by atoms with E-state index in [2.05, 4.69) is 0 Å². The summed E-state index contributed by atoms with van der Waals surface area (Å²) in [6.07, 6.45) is 0.865. The highest BCUT2D eigenvalue weighted by molar-refractivity contribution is 6.07. The molecule has 164 valence electrons. The Morgan fingerprint density at radius 2 is 1.79 bits per heavy atom. The summed E-state index contributed by atoms with van der Waals surface area (Å²) < 4.78 is 7.34. The van der Waals surface area contributed by atoms with Gasteiger partial charge in [-0.1, -0.05) is 36.4 Å². The average molecular weight is 437 g/mol. The predicted octanol–water partition coefficient (Wildman–Crippen LogP) is 5.49. The Morgan fingerprint density at radius 3 is 2.58 bits per heavy atom. The van der Waals surface area contributed by atoms with Crippen molar-refractivity contribution in [2.45, 2.75) is 20.0 Å². The number of hydrogen-bond acceptors (Lipinski definition) is 3. The van der Waals surface area contributed by atoms with E-state index in [1.54, 1.807) is 7.11 Å². The number of aromatic nitrogens is 1. The molecule has 0 bridgehead atoms. The van der Waals surface area contributed by atoms with Crippen molar-refractivity contribution in [2.75, 3.05) is 12.0 Å². The molecule has 1 aliphatic rings. The van der Waals surface area contributed by atoms with Crippen molar-refractivity contribution in [3.63, 3.8) is 0 Å². The molecule has 1 amide bonds. The molecule has 5 heteroatoms. The SMILES string of the molecule is COc1cccc(-c2ccc(C(=O)N3Cc4ccc(C=O)n4Cc4ccccc43)cc2C)c1. The highest BCUT2D eigenvalue weighted by atomic mass is 16.5. The first-order valence-corrected chi connectivity index (χ1v) is 10.9. The molecule has 5 nitrogen and oxygen atoms in total. The van der Waals surface area contributed by atoms with Gasteiger partial charge in [0.2, 0.25) is 0 Å². The minimum absolute atomic E-state index is 0.0648. The maximum Gasteiger partial charge on any atom is 0.258 e. The molecule has 33 heavy (non-hydrogen) atoms. The van der Waals surface area contributed by atoms with Crippen LogP contribution in [0.4, 0.5) is 5.69 Å². The van der Waals surface area contributed by atoms with E-state index in [1.165, 1.54) is 0 Å². The van der Waals surface area contributed by atoms with Crippen LogP contribution in [0, 0.1) is 6.92 Å². The molecule has 0 N–H and O–H groups in total. The van der Waals surface area contributed by atoms with E-state index in [0.717, 1.165) is 45.7 Å². The number of hydrogen-bond donors (Lipinski definition) is 0. The van der Waals surface area contributed by atoms with E-state index in [0.29, 0.717) is 24.3 Å². The first-order valence-electron chi connectivity index (χ1n) is 10.9. The molecule has 2 heterocycles. The lowest BCUT2D eigenvalue weighted by molar-refractivity contribution is 0.0984. The normalized spacial score (nSPS) is 12.5. The van der Waals surface area contributed by atoms with Crippen molar-refractivity contribution >= 4 is 17.9 Å². The van der Waals surface area contributed by atoms with Crippen LogP contribution in [0.1, 0.15) is 37.7 Å². The molecular formula is C28H24N2O3. The Labute approximate surface area is 192 Å². The maximum atomic E-state index is 13.7. The van der Waals surface area contributed by atoms with Crippen LogP contribution in [0.25, 0.3) is 11.1 Å². The molecule has 0 unspecified atom stereocenters. The number of carbonyl (C=O) groups is 2. The van der Waals surface area contributed by atoms with E-state index in [-0.39, 0.29) is 5.91 Å². The molecule has 0 saturated carbocycles. The summed E-state index contributed by atoms with van der Waals surface area (Å²) in [5.41, 5.74) is 7.19. The van der Waals surface area contributed by atoms with Crippen molar-refractivity contribution in [2.24, 2.45) is 0 Å². The van der Waals surface area contributed by atoms with Gasteiger partial charge in [-0.3, -0.25) is 9.59 Å². The molecule has 0 aliphatic carbocycles. The monoisotopic (exact) mass is 436 g/mol. The van der Waals surface area contributed by atoms with Crippen LogP contribution in [0.2, 0.25) is 0 Å². The smallest absolute Gasteiger partial charge is 0.258 e. The Balaban J connectivity index is 1.53. The van der Waals surface area contributed by atoms with E-state index < -0.39 is 0 Å². The van der Waals surface area contributed by atoms with Gasteiger partial charge in [0.1, 0.15) is 5.75 Å². The fourth-order valence-electron chi connectivity index (χ4n) is 4.53. The zero-order valence-corrected chi connectivity index (χ0v) is 18.6. The number of anilines is 1. The zero-order chi connectivity index (χ0) is 22.9. The first kappa shape index (κ1) is 20.8. The van der Waals surface area contributed by atoms with Gasteiger partial charge in [-0.05, 0) is 71.6 Å². The summed E-state index contributed by atoms with van der Waals surface area (Å²) in [5, 5.41) is 0. The number of para-hydroxylation sites is 1. The van der Waals surface area contributed by atoms with Gasteiger partial charge >= 0.3 is 0 Å². The molecule has 5 rings (SSSR count). The largest absolute Gasteiger partial charge is 0.497 e. The Kier molecular flexibility index (Phi) is 5.31. The lowest BCUT2D eigenvalue weighted by atomic mass is 9.97. The fourth-order valence-corrected chi connectivity index (χ4v) is 4.53. The van der Waals surface area contributed by atoms with Crippen molar-refractivity contribution in [1.82, 2.24) is 4.57 Å². The summed E-state index contributed by atoms with van der Waals surface area (Å²) >= 11 is 0. The molecule has 1 aromatic heterocycles. The third kappa shape index (κ3) is 3.72. The third-order valence-corrected chi connectivity index (χ3v) is 6.26. The van der Waals surface area contributed by atoms with Crippen LogP contribution < -0.4 is 9.64 Å². The number of nitrogens with zero attached hydrogens (tertiary/aromatic N) is 2. The van der Waals surface area contributed by atoms with Crippen LogP contribution in [0.15, 0.2) is 78.9 Å². The second kappa shape index (κ2) is 8.43. The predicted molar refractivity (Wildman–Crippen MR) is 129 cm³/mol. The number of rotatable bonds is 4. The van der Waals surface area contributed by atoms with E-state index in [1.807, 2.05) is 95.3 Å². The second-order valence-corrected chi connectivity index (χ2v) is 8.24.